The molecule has 2 nitrogen and oxygen atoms in total. The van der Waals surface area contributed by atoms with Crippen LogP contribution in [0.5, 0.6) is 0 Å². The SMILES string of the molecule is CCC(C)N1CCC(=O)C1(C)C. The number of hydrogen-bond donors (Lipinski definition) is 0. The van der Waals surface area contributed by atoms with E-state index in [0.717, 1.165) is 19.4 Å². The van der Waals surface area contributed by atoms with Crippen molar-refractivity contribution in [3.63, 3.8) is 0 Å². The van der Waals surface area contributed by atoms with Crippen LogP contribution in [0, 0.1) is 0 Å². The lowest BCUT2D eigenvalue weighted by molar-refractivity contribution is -0.124. The number of likely N-dealkylation sites (tertiary alicyclic amines) is 1. The van der Waals surface area contributed by atoms with Gasteiger partial charge in [0.15, 0.2) is 5.78 Å². The first-order valence-corrected chi connectivity index (χ1v) is 4.80. The Kier molecular flexibility index (Phi) is 2.57. The van der Waals surface area contributed by atoms with Gasteiger partial charge >= 0.3 is 0 Å². The first kappa shape index (κ1) is 9.72. The molecule has 12 heavy (non-hydrogen) atoms. The van der Waals surface area contributed by atoms with E-state index < -0.39 is 0 Å². The molecule has 0 N–H and O–H groups in total. The summed E-state index contributed by atoms with van der Waals surface area (Å²) in [5.41, 5.74) is -0.213. The molecule has 1 atom stereocenters. The third kappa shape index (κ3) is 1.40. The summed E-state index contributed by atoms with van der Waals surface area (Å²) in [6.07, 6.45) is 1.86. The molecule has 0 aromatic carbocycles. The third-order valence-corrected chi connectivity index (χ3v) is 3.10. The highest BCUT2D eigenvalue weighted by Gasteiger charge is 2.41. The first-order chi connectivity index (χ1) is 5.50. The minimum atomic E-state index is -0.213. The van der Waals surface area contributed by atoms with Crippen LogP contribution in [0.25, 0.3) is 0 Å². The zero-order valence-electron chi connectivity index (χ0n) is 8.55. The Morgan fingerprint density at radius 1 is 1.58 bits per heavy atom. The van der Waals surface area contributed by atoms with E-state index >= 15 is 0 Å². The monoisotopic (exact) mass is 169 g/mol. The van der Waals surface area contributed by atoms with Gasteiger partial charge in [0.1, 0.15) is 0 Å². The Labute approximate surface area is 74.9 Å². The highest BCUT2D eigenvalue weighted by molar-refractivity contribution is 5.89. The molecular formula is C10H19NO. The Morgan fingerprint density at radius 2 is 2.17 bits per heavy atom. The second kappa shape index (κ2) is 3.17. The largest absolute Gasteiger partial charge is 0.298 e. The maximum Gasteiger partial charge on any atom is 0.153 e. The average molecular weight is 169 g/mol. The lowest BCUT2D eigenvalue weighted by Crippen LogP contribution is -2.47. The van der Waals surface area contributed by atoms with Gasteiger partial charge in [0.25, 0.3) is 0 Å². The third-order valence-electron chi connectivity index (χ3n) is 3.10. The predicted molar refractivity (Wildman–Crippen MR) is 50.2 cm³/mol. The number of carbonyl (C=O) groups excluding carboxylic acids is 1. The second-order valence-electron chi connectivity index (χ2n) is 4.18. The zero-order chi connectivity index (χ0) is 9.35. The van der Waals surface area contributed by atoms with Crippen molar-refractivity contribution < 1.29 is 4.79 Å². The van der Waals surface area contributed by atoms with Crippen molar-refractivity contribution in [1.29, 1.82) is 0 Å². The lowest BCUT2D eigenvalue weighted by atomic mass is 9.99. The van der Waals surface area contributed by atoms with Gasteiger partial charge in [0, 0.05) is 19.0 Å². The number of rotatable bonds is 2. The van der Waals surface area contributed by atoms with Crippen LogP contribution in [0.2, 0.25) is 0 Å². The summed E-state index contributed by atoms with van der Waals surface area (Å²) in [5, 5.41) is 0. The molecule has 0 aliphatic carbocycles. The van der Waals surface area contributed by atoms with Crippen LogP contribution in [0.3, 0.4) is 0 Å². The Bertz CT molecular complexity index is 186. The van der Waals surface area contributed by atoms with Crippen LogP contribution in [0.1, 0.15) is 40.5 Å². The summed E-state index contributed by atoms with van der Waals surface area (Å²) in [4.78, 5) is 13.8. The highest BCUT2D eigenvalue weighted by atomic mass is 16.1. The van der Waals surface area contributed by atoms with Crippen molar-refractivity contribution in [2.45, 2.75) is 52.1 Å². The van der Waals surface area contributed by atoms with Crippen LogP contribution >= 0.6 is 0 Å². The Balaban J connectivity index is 2.74. The summed E-state index contributed by atoms with van der Waals surface area (Å²) < 4.78 is 0. The van der Waals surface area contributed by atoms with E-state index in [-0.39, 0.29) is 5.54 Å². The van der Waals surface area contributed by atoms with Crippen molar-refractivity contribution in [1.82, 2.24) is 4.90 Å². The maximum absolute atomic E-state index is 11.5. The van der Waals surface area contributed by atoms with E-state index in [1.807, 2.05) is 13.8 Å². The molecule has 0 spiro atoms. The van der Waals surface area contributed by atoms with Gasteiger partial charge < -0.3 is 0 Å². The second-order valence-corrected chi connectivity index (χ2v) is 4.18. The molecule has 2 heteroatoms. The highest BCUT2D eigenvalue weighted by Crippen LogP contribution is 2.27. The van der Waals surface area contributed by atoms with Gasteiger partial charge in [-0.05, 0) is 27.2 Å². The van der Waals surface area contributed by atoms with E-state index in [1.54, 1.807) is 0 Å². The van der Waals surface area contributed by atoms with Crippen LogP contribution < -0.4 is 0 Å². The van der Waals surface area contributed by atoms with E-state index in [1.165, 1.54) is 0 Å². The summed E-state index contributed by atoms with van der Waals surface area (Å²) in [6, 6.07) is 0.534. The molecule has 0 aromatic rings. The van der Waals surface area contributed by atoms with E-state index in [9.17, 15) is 4.79 Å². The number of hydrogen-bond acceptors (Lipinski definition) is 2. The molecule has 0 bridgehead atoms. The van der Waals surface area contributed by atoms with Gasteiger partial charge in [-0.25, -0.2) is 0 Å². The van der Waals surface area contributed by atoms with Crippen LogP contribution in [-0.2, 0) is 4.79 Å². The van der Waals surface area contributed by atoms with Crippen molar-refractivity contribution in [3.05, 3.63) is 0 Å². The molecule has 0 aromatic heterocycles. The number of carbonyl (C=O) groups is 1. The predicted octanol–water partition coefficient (Wildman–Crippen LogP) is 1.84. The van der Waals surface area contributed by atoms with E-state index in [0.29, 0.717) is 11.8 Å². The quantitative estimate of drug-likeness (QED) is 0.628. The molecular weight excluding hydrogens is 150 g/mol. The molecule has 1 saturated heterocycles. The fourth-order valence-electron chi connectivity index (χ4n) is 1.96. The fraction of sp³-hybridized carbons (Fsp3) is 0.900. The summed E-state index contributed by atoms with van der Waals surface area (Å²) in [5.74, 6) is 0.391. The molecule has 1 aliphatic heterocycles. The number of nitrogens with zero attached hydrogens (tertiary/aromatic N) is 1. The van der Waals surface area contributed by atoms with Crippen molar-refractivity contribution in [3.8, 4) is 0 Å². The molecule has 0 saturated carbocycles. The Hall–Kier alpha value is -0.370. The first-order valence-electron chi connectivity index (χ1n) is 4.80. The van der Waals surface area contributed by atoms with Gasteiger partial charge in [-0.15, -0.1) is 0 Å². The molecule has 1 unspecified atom stereocenters. The topological polar surface area (TPSA) is 20.3 Å². The van der Waals surface area contributed by atoms with Crippen LogP contribution in [-0.4, -0.2) is 28.8 Å². The standard InChI is InChI=1S/C10H19NO/c1-5-8(2)11-7-6-9(12)10(11,3)4/h8H,5-7H2,1-4H3. The van der Waals surface area contributed by atoms with Gasteiger partial charge in [-0.1, -0.05) is 6.92 Å². The molecule has 1 aliphatic rings. The van der Waals surface area contributed by atoms with Gasteiger partial charge in [-0.2, -0.15) is 0 Å². The molecule has 70 valence electrons. The Morgan fingerprint density at radius 3 is 2.50 bits per heavy atom. The number of Topliss-reactive ketones (excluding diaryl/α,β-unsaturated/α-hetero) is 1. The maximum atomic E-state index is 11.5. The molecule has 0 amide bonds. The minimum Gasteiger partial charge on any atom is -0.298 e. The number of ketones is 1. The van der Waals surface area contributed by atoms with Crippen LogP contribution in [0.4, 0.5) is 0 Å². The van der Waals surface area contributed by atoms with Gasteiger partial charge in [0.2, 0.25) is 0 Å². The summed E-state index contributed by atoms with van der Waals surface area (Å²) in [6.45, 7) is 9.38. The van der Waals surface area contributed by atoms with Gasteiger partial charge in [-0.3, -0.25) is 9.69 Å². The smallest absolute Gasteiger partial charge is 0.153 e. The van der Waals surface area contributed by atoms with Crippen LogP contribution in [0.15, 0.2) is 0 Å². The normalized spacial score (nSPS) is 26.2. The lowest BCUT2D eigenvalue weighted by Gasteiger charge is -2.34. The van der Waals surface area contributed by atoms with Crippen molar-refractivity contribution in [2.24, 2.45) is 0 Å². The molecule has 1 rings (SSSR count). The summed E-state index contributed by atoms with van der Waals surface area (Å²) in [7, 11) is 0. The summed E-state index contributed by atoms with van der Waals surface area (Å²) >= 11 is 0. The van der Waals surface area contributed by atoms with Gasteiger partial charge in [0.05, 0.1) is 5.54 Å². The van der Waals surface area contributed by atoms with Crippen molar-refractivity contribution >= 4 is 5.78 Å². The zero-order valence-corrected chi connectivity index (χ0v) is 8.55. The minimum absolute atomic E-state index is 0.213. The van der Waals surface area contributed by atoms with E-state index in [4.69, 9.17) is 0 Å². The molecule has 1 fully saturated rings. The van der Waals surface area contributed by atoms with Crippen molar-refractivity contribution in [2.75, 3.05) is 6.54 Å². The molecule has 0 radical (unpaired) electrons. The average Bonchev–Trinajstić information content (AvgIpc) is 2.27. The fourth-order valence-corrected chi connectivity index (χ4v) is 1.96. The molecule has 1 heterocycles. The van der Waals surface area contributed by atoms with E-state index in [2.05, 4.69) is 18.7 Å².